The summed E-state index contributed by atoms with van der Waals surface area (Å²) in [5.41, 5.74) is 8.05. The van der Waals surface area contributed by atoms with Gasteiger partial charge < -0.3 is 5.73 Å². The van der Waals surface area contributed by atoms with Gasteiger partial charge in [0, 0.05) is 13.2 Å². The van der Waals surface area contributed by atoms with Crippen molar-refractivity contribution in [3.8, 4) is 11.4 Å². The predicted octanol–water partition coefficient (Wildman–Crippen LogP) is 0.392. The molecule has 0 radical (unpaired) electrons. The van der Waals surface area contributed by atoms with Crippen LogP contribution in [0.5, 0.6) is 0 Å². The smallest absolute Gasteiger partial charge is 0.106 e. The largest absolute Gasteiger partial charge is 0.396 e. The second-order valence-corrected chi connectivity index (χ2v) is 2.54. The van der Waals surface area contributed by atoms with Crippen LogP contribution < -0.4 is 5.73 Å². The third-order valence-electron chi connectivity index (χ3n) is 1.75. The topological polar surface area (TPSA) is 72.5 Å². The molecule has 0 amide bonds. The lowest BCUT2D eigenvalue weighted by atomic mass is 10.3. The molecule has 0 atom stereocenters. The number of aryl methyl sites for hydroxylation is 1. The van der Waals surface area contributed by atoms with Gasteiger partial charge in [-0.2, -0.15) is 10.2 Å². The van der Waals surface area contributed by atoms with E-state index in [-0.39, 0.29) is 0 Å². The summed E-state index contributed by atoms with van der Waals surface area (Å²) in [5, 5.41) is 10.7. The molecule has 5 heteroatoms. The number of nitrogens with two attached hydrogens (primary N) is 1. The number of rotatable bonds is 1. The highest BCUT2D eigenvalue weighted by Gasteiger charge is 2.07. The minimum atomic E-state index is 0.638. The van der Waals surface area contributed by atoms with Crippen molar-refractivity contribution in [2.24, 2.45) is 7.05 Å². The zero-order valence-corrected chi connectivity index (χ0v) is 6.65. The molecule has 0 spiro atoms. The van der Waals surface area contributed by atoms with Gasteiger partial charge in [-0.25, -0.2) is 0 Å². The van der Waals surface area contributed by atoms with Crippen molar-refractivity contribution in [2.75, 3.05) is 5.73 Å². The summed E-state index contributed by atoms with van der Waals surface area (Å²) >= 11 is 0. The molecule has 0 aliphatic heterocycles. The molecule has 0 fully saturated rings. The molecule has 2 heterocycles. The fraction of sp³-hybridized carbons (Fsp3) is 0.143. The number of nitrogen functional groups attached to an aromatic ring is 1. The van der Waals surface area contributed by atoms with E-state index >= 15 is 0 Å². The molecule has 62 valence electrons. The summed E-state index contributed by atoms with van der Waals surface area (Å²) in [4.78, 5) is 0. The Kier molecular flexibility index (Phi) is 1.36. The maximum atomic E-state index is 5.67. The number of nitrogens with one attached hydrogen (secondary N) is 1. The van der Waals surface area contributed by atoms with Crippen molar-refractivity contribution in [3.05, 3.63) is 18.5 Å². The Morgan fingerprint density at radius 3 is 2.92 bits per heavy atom. The fourth-order valence-corrected chi connectivity index (χ4v) is 1.12. The lowest BCUT2D eigenvalue weighted by Crippen LogP contribution is -1.95. The van der Waals surface area contributed by atoms with Crippen LogP contribution in [0.2, 0.25) is 0 Å². The molecule has 0 aliphatic rings. The molecule has 5 nitrogen and oxygen atoms in total. The molecule has 2 rings (SSSR count). The Bertz CT molecular complexity index is 348. The van der Waals surface area contributed by atoms with E-state index in [0.717, 1.165) is 11.4 Å². The Morgan fingerprint density at radius 2 is 2.42 bits per heavy atom. The summed E-state index contributed by atoms with van der Waals surface area (Å²) in [7, 11) is 1.86. The Hall–Kier alpha value is -1.78. The normalized spacial score (nSPS) is 10.4. The average molecular weight is 163 g/mol. The van der Waals surface area contributed by atoms with E-state index in [0.29, 0.717) is 5.69 Å². The number of nitrogens with zero attached hydrogens (tertiary/aromatic N) is 3. The second kappa shape index (κ2) is 2.37. The third-order valence-corrected chi connectivity index (χ3v) is 1.75. The molecular formula is C7H9N5. The van der Waals surface area contributed by atoms with Crippen LogP contribution in [0.15, 0.2) is 18.5 Å². The number of aromatic amines is 1. The van der Waals surface area contributed by atoms with Gasteiger partial charge in [-0.05, 0) is 6.07 Å². The maximum absolute atomic E-state index is 5.67. The average Bonchev–Trinajstić information content (AvgIpc) is 2.59. The van der Waals surface area contributed by atoms with Crippen molar-refractivity contribution in [1.29, 1.82) is 0 Å². The number of aromatic nitrogens is 4. The Labute approximate surface area is 69.2 Å². The first-order chi connectivity index (χ1) is 5.79. The van der Waals surface area contributed by atoms with Gasteiger partial charge in [-0.3, -0.25) is 9.78 Å². The highest BCUT2D eigenvalue weighted by atomic mass is 15.3. The van der Waals surface area contributed by atoms with Crippen molar-refractivity contribution >= 4 is 5.69 Å². The monoisotopic (exact) mass is 163 g/mol. The molecular weight excluding hydrogens is 154 g/mol. The lowest BCUT2D eigenvalue weighted by molar-refractivity contribution is 0.773. The standard InChI is InChI=1S/C7H9N5/c1-12-6(2-3-10-12)7-5(8)4-9-11-7/h2-4H,8H2,1H3,(H,9,11). The fourth-order valence-electron chi connectivity index (χ4n) is 1.12. The van der Waals surface area contributed by atoms with Crippen LogP contribution in [0.25, 0.3) is 11.4 Å². The van der Waals surface area contributed by atoms with Crippen LogP contribution in [0.1, 0.15) is 0 Å². The molecule has 0 bridgehead atoms. The first kappa shape index (κ1) is 6.90. The minimum absolute atomic E-state index is 0.638. The number of hydrogen-bond acceptors (Lipinski definition) is 3. The van der Waals surface area contributed by atoms with E-state index in [1.165, 1.54) is 0 Å². The van der Waals surface area contributed by atoms with Crippen LogP contribution in [0.4, 0.5) is 5.69 Å². The Morgan fingerprint density at radius 1 is 1.58 bits per heavy atom. The van der Waals surface area contributed by atoms with Gasteiger partial charge in [0.1, 0.15) is 5.69 Å². The molecule has 0 aliphatic carbocycles. The SMILES string of the molecule is Cn1nccc1-c1[nH]ncc1N. The first-order valence-electron chi connectivity index (χ1n) is 3.56. The molecule has 3 N–H and O–H groups in total. The summed E-state index contributed by atoms with van der Waals surface area (Å²) in [6, 6.07) is 1.88. The molecule has 12 heavy (non-hydrogen) atoms. The first-order valence-corrected chi connectivity index (χ1v) is 3.56. The highest BCUT2D eigenvalue weighted by Crippen LogP contribution is 2.20. The zero-order chi connectivity index (χ0) is 8.55. The molecule has 0 aromatic carbocycles. The van der Waals surface area contributed by atoms with E-state index < -0.39 is 0 Å². The summed E-state index contributed by atoms with van der Waals surface area (Å²) < 4.78 is 1.74. The Balaban J connectivity index is 2.57. The van der Waals surface area contributed by atoms with Crippen molar-refractivity contribution in [1.82, 2.24) is 20.0 Å². The second-order valence-electron chi connectivity index (χ2n) is 2.54. The van der Waals surface area contributed by atoms with Crippen molar-refractivity contribution in [3.63, 3.8) is 0 Å². The van der Waals surface area contributed by atoms with Crippen LogP contribution >= 0.6 is 0 Å². The summed E-state index contributed by atoms with van der Waals surface area (Å²) in [5.74, 6) is 0. The van der Waals surface area contributed by atoms with Crippen molar-refractivity contribution in [2.45, 2.75) is 0 Å². The van der Waals surface area contributed by atoms with Crippen LogP contribution in [-0.2, 0) is 7.05 Å². The lowest BCUT2D eigenvalue weighted by Gasteiger charge is -1.98. The van der Waals surface area contributed by atoms with Crippen molar-refractivity contribution < 1.29 is 0 Å². The van der Waals surface area contributed by atoms with Gasteiger partial charge in [0.25, 0.3) is 0 Å². The van der Waals surface area contributed by atoms with Gasteiger partial charge in [-0.15, -0.1) is 0 Å². The van der Waals surface area contributed by atoms with E-state index in [1.54, 1.807) is 17.1 Å². The van der Waals surface area contributed by atoms with E-state index in [2.05, 4.69) is 15.3 Å². The van der Waals surface area contributed by atoms with Gasteiger partial charge in [0.15, 0.2) is 0 Å². The molecule has 0 saturated heterocycles. The maximum Gasteiger partial charge on any atom is 0.106 e. The summed E-state index contributed by atoms with van der Waals surface area (Å²) in [6.07, 6.45) is 3.30. The number of anilines is 1. The highest BCUT2D eigenvalue weighted by molar-refractivity contribution is 5.68. The van der Waals surface area contributed by atoms with Gasteiger partial charge in [-0.1, -0.05) is 0 Å². The zero-order valence-electron chi connectivity index (χ0n) is 6.65. The number of H-pyrrole nitrogens is 1. The van der Waals surface area contributed by atoms with E-state index in [1.807, 2.05) is 13.1 Å². The molecule has 2 aromatic heterocycles. The van der Waals surface area contributed by atoms with Crippen LogP contribution in [0.3, 0.4) is 0 Å². The van der Waals surface area contributed by atoms with Gasteiger partial charge >= 0.3 is 0 Å². The van der Waals surface area contributed by atoms with Gasteiger partial charge in [0.2, 0.25) is 0 Å². The van der Waals surface area contributed by atoms with Crippen LogP contribution in [0, 0.1) is 0 Å². The molecule has 2 aromatic rings. The third kappa shape index (κ3) is 0.868. The quantitative estimate of drug-likeness (QED) is 0.638. The number of hydrogen-bond donors (Lipinski definition) is 2. The van der Waals surface area contributed by atoms with Gasteiger partial charge in [0.05, 0.1) is 17.6 Å². The minimum Gasteiger partial charge on any atom is -0.396 e. The predicted molar refractivity (Wildman–Crippen MR) is 45.2 cm³/mol. The van der Waals surface area contributed by atoms with E-state index in [9.17, 15) is 0 Å². The summed E-state index contributed by atoms with van der Waals surface area (Å²) in [6.45, 7) is 0. The molecule has 0 unspecified atom stereocenters. The van der Waals surface area contributed by atoms with E-state index in [4.69, 9.17) is 5.73 Å². The molecule has 0 saturated carbocycles. The van der Waals surface area contributed by atoms with Crippen LogP contribution in [-0.4, -0.2) is 20.0 Å².